The van der Waals surface area contributed by atoms with E-state index in [4.69, 9.17) is 11.1 Å². The molecule has 0 heterocycles. The highest BCUT2D eigenvalue weighted by atomic mass is 28.2. The van der Waals surface area contributed by atoms with E-state index in [1.807, 2.05) is 0 Å². The van der Waals surface area contributed by atoms with E-state index in [9.17, 15) is 4.79 Å². The zero-order valence-corrected chi connectivity index (χ0v) is 6.79. The molecule has 0 aliphatic heterocycles. The molecule has 4 N–H and O–H groups in total. The standard InChI is InChI=1S/C4H11N3OSi/c1-2-3-7(9-6)4(5)8/h2-3H,6,9H2,1H3,(H2,5,8). The average Bonchev–Trinajstić information content (AvgIpc) is 1.82. The maximum atomic E-state index is 10.4. The van der Waals surface area contributed by atoms with E-state index in [-0.39, 0.29) is 0 Å². The normalized spacial score (nSPS) is 11.3. The number of hydrogen-bond acceptors (Lipinski definition) is 2. The third-order valence-electron chi connectivity index (χ3n) is 0.809. The van der Waals surface area contributed by atoms with Crippen molar-refractivity contribution in [2.45, 2.75) is 6.92 Å². The number of amides is 2. The van der Waals surface area contributed by atoms with Crippen LogP contribution in [0.15, 0.2) is 12.3 Å². The van der Waals surface area contributed by atoms with Crippen LogP contribution in [-0.4, -0.2) is 20.4 Å². The molecule has 0 aromatic rings. The Labute approximate surface area is 56.5 Å². The van der Waals surface area contributed by atoms with Crippen LogP contribution in [0, 0.1) is 0 Å². The molecule has 9 heavy (non-hydrogen) atoms. The minimum absolute atomic E-state index is 0.470. The van der Waals surface area contributed by atoms with Crippen molar-refractivity contribution in [2.75, 3.05) is 0 Å². The fourth-order valence-corrected chi connectivity index (χ4v) is 0.917. The molecular formula is C4H11N3OSi. The first-order valence-electron chi connectivity index (χ1n) is 2.61. The fourth-order valence-electron chi connectivity index (χ4n) is 0.404. The largest absolute Gasteiger partial charge is 0.352 e. The summed E-state index contributed by atoms with van der Waals surface area (Å²) in [6.45, 7) is 1.81. The van der Waals surface area contributed by atoms with Gasteiger partial charge in [-0.15, -0.1) is 0 Å². The molecule has 5 heteroatoms. The van der Waals surface area contributed by atoms with Crippen LogP contribution in [0.1, 0.15) is 6.92 Å². The maximum Gasteiger partial charge on any atom is 0.311 e. The quantitative estimate of drug-likeness (QED) is 0.482. The van der Waals surface area contributed by atoms with Crippen LogP contribution in [-0.2, 0) is 0 Å². The summed E-state index contributed by atoms with van der Waals surface area (Å²) < 4.78 is 1.35. The number of nitrogens with zero attached hydrogens (tertiary/aromatic N) is 1. The van der Waals surface area contributed by atoms with Gasteiger partial charge in [0.1, 0.15) is 0 Å². The van der Waals surface area contributed by atoms with Gasteiger partial charge in [0.05, 0.1) is 0 Å². The molecule has 0 aliphatic carbocycles. The van der Waals surface area contributed by atoms with E-state index in [0.29, 0.717) is 0 Å². The van der Waals surface area contributed by atoms with Gasteiger partial charge in [0.15, 0.2) is 0 Å². The van der Waals surface area contributed by atoms with Gasteiger partial charge in [-0.3, -0.25) is 0 Å². The Balaban J connectivity index is 3.83. The van der Waals surface area contributed by atoms with Crippen LogP contribution in [0.2, 0.25) is 0 Å². The van der Waals surface area contributed by atoms with Crippen LogP contribution in [0.4, 0.5) is 4.79 Å². The first kappa shape index (κ1) is 8.19. The van der Waals surface area contributed by atoms with Crippen LogP contribution in [0.5, 0.6) is 0 Å². The van der Waals surface area contributed by atoms with E-state index < -0.39 is 15.9 Å². The SMILES string of the molecule is CC=CN([SiH2]N)C(N)=O. The molecule has 0 fully saturated rings. The first-order chi connectivity index (χ1) is 4.22. The number of primary amides is 1. The summed E-state index contributed by atoms with van der Waals surface area (Å²) >= 11 is 0. The molecule has 0 radical (unpaired) electrons. The molecule has 0 unspecified atom stereocenters. The summed E-state index contributed by atoms with van der Waals surface area (Å²) in [5.41, 5.74) is 4.92. The number of allylic oxidation sites excluding steroid dienone is 1. The Morgan fingerprint density at radius 1 is 1.78 bits per heavy atom. The van der Waals surface area contributed by atoms with Crippen LogP contribution in [0.25, 0.3) is 0 Å². The summed E-state index contributed by atoms with van der Waals surface area (Å²) in [6.07, 6.45) is 3.32. The second-order valence-corrected chi connectivity index (χ2v) is 2.52. The van der Waals surface area contributed by atoms with Gasteiger partial charge < -0.3 is 15.7 Å². The third-order valence-corrected chi connectivity index (χ3v) is 1.72. The van der Waals surface area contributed by atoms with E-state index in [1.54, 1.807) is 19.2 Å². The molecular weight excluding hydrogens is 134 g/mol. The minimum Gasteiger partial charge on any atom is -0.352 e. The number of hydrogen-bond donors (Lipinski definition) is 2. The number of rotatable bonds is 2. The number of nitrogens with two attached hydrogens (primary N) is 2. The highest BCUT2D eigenvalue weighted by Crippen LogP contribution is 1.81. The summed E-state index contributed by atoms with van der Waals surface area (Å²) in [5.74, 6) is 0. The molecule has 0 saturated carbocycles. The van der Waals surface area contributed by atoms with E-state index in [1.165, 1.54) is 4.57 Å². The van der Waals surface area contributed by atoms with Gasteiger partial charge in [-0.05, 0) is 13.1 Å². The lowest BCUT2D eigenvalue weighted by molar-refractivity contribution is 0.240. The molecule has 0 atom stereocenters. The number of urea groups is 1. The van der Waals surface area contributed by atoms with Crippen LogP contribution >= 0.6 is 0 Å². The third kappa shape index (κ3) is 2.88. The van der Waals surface area contributed by atoms with Gasteiger partial charge in [0.2, 0.25) is 9.84 Å². The second kappa shape index (κ2) is 4.10. The number of carbonyl (C=O) groups excluding carboxylic acids is 1. The molecule has 0 aromatic heterocycles. The van der Waals surface area contributed by atoms with Crippen molar-refractivity contribution in [2.24, 2.45) is 11.1 Å². The van der Waals surface area contributed by atoms with Crippen LogP contribution in [0.3, 0.4) is 0 Å². The summed E-state index contributed by atoms with van der Waals surface area (Å²) in [5, 5.41) is 5.27. The molecule has 2 amide bonds. The second-order valence-electron chi connectivity index (χ2n) is 1.47. The van der Waals surface area contributed by atoms with Crippen molar-refractivity contribution >= 4 is 15.9 Å². The Kier molecular flexibility index (Phi) is 3.73. The molecule has 0 saturated heterocycles. The van der Waals surface area contributed by atoms with Crippen LogP contribution < -0.4 is 11.1 Å². The smallest absolute Gasteiger partial charge is 0.311 e. The zero-order valence-electron chi connectivity index (χ0n) is 5.37. The Morgan fingerprint density at radius 3 is 2.44 bits per heavy atom. The summed E-state index contributed by atoms with van der Waals surface area (Å²) in [6, 6.07) is -0.470. The van der Waals surface area contributed by atoms with Crippen molar-refractivity contribution in [3.8, 4) is 0 Å². The van der Waals surface area contributed by atoms with Crippen molar-refractivity contribution in [3.63, 3.8) is 0 Å². The van der Waals surface area contributed by atoms with Crippen molar-refractivity contribution in [1.29, 1.82) is 0 Å². The van der Waals surface area contributed by atoms with Crippen molar-refractivity contribution < 1.29 is 4.79 Å². The van der Waals surface area contributed by atoms with Gasteiger partial charge in [0, 0.05) is 0 Å². The Bertz CT molecular complexity index is 125. The fraction of sp³-hybridized carbons (Fsp3) is 0.250. The Hall–Kier alpha value is -0.813. The lowest BCUT2D eigenvalue weighted by Crippen LogP contribution is -2.38. The van der Waals surface area contributed by atoms with Crippen molar-refractivity contribution in [3.05, 3.63) is 12.3 Å². The monoisotopic (exact) mass is 145 g/mol. The maximum absolute atomic E-state index is 10.4. The molecule has 0 aromatic carbocycles. The minimum atomic E-state index is -0.959. The first-order valence-corrected chi connectivity index (χ1v) is 4.06. The molecule has 0 rings (SSSR count). The summed E-state index contributed by atoms with van der Waals surface area (Å²) in [7, 11) is -0.959. The van der Waals surface area contributed by atoms with Gasteiger partial charge >= 0.3 is 6.03 Å². The van der Waals surface area contributed by atoms with Gasteiger partial charge in [-0.2, -0.15) is 0 Å². The molecule has 0 spiro atoms. The molecule has 0 bridgehead atoms. The highest BCUT2D eigenvalue weighted by molar-refractivity contribution is 6.33. The van der Waals surface area contributed by atoms with E-state index >= 15 is 0 Å². The molecule has 0 aliphatic rings. The highest BCUT2D eigenvalue weighted by Gasteiger charge is 1.99. The molecule has 52 valence electrons. The predicted octanol–water partition coefficient (Wildman–Crippen LogP) is -1.14. The average molecular weight is 145 g/mol. The van der Waals surface area contributed by atoms with E-state index in [2.05, 4.69) is 0 Å². The lowest BCUT2D eigenvalue weighted by Gasteiger charge is -2.10. The number of carbonyl (C=O) groups is 1. The van der Waals surface area contributed by atoms with Gasteiger partial charge in [-0.1, -0.05) is 6.08 Å². The summed E-state index contributed by atoms with van der Waals surface area (Å²) in [4.78, 5) is 10.4. The van der Waals surface area contributed by atoms with Gasteiger partial charge in [-0.25, -0.2) is 4.79 Å². The lowest BCUT2D eigenvalue weighted by atomic mass is 10.7. The molecule has 4 nitrogen and oxygen atoms in total. The van der Waals surface area contributed by atoms with E-state index in [0.717, 1.165) is 0 Å². The van der Waals surface area contributed by atoms with Crippen molar-refractivity contribution in [1.82, 2.24) is 4.57 Å². The Morgan fingerprint density at radius 2 is 2.33 bits per heavy atom. The topological polar surface area (TPSA) is 72.3 Å². The zero-order chi connectivity index (χ0) is 7.28. The van der Waals surface area contributed by atoms with Gasteiger partial charge in [0.25, 0.3) is 0 Å². The predicted molar refractivity (Wildman–Crippen MR) is 39.0 cm³/mol.